The first-order valence-corrected chi connectivity index (χ1v) is 19.2. The first-order valence-electron chi connectivity index (χ1n) is 18.4. The zero-order valence-electron chi connectivity index (χ0n) is 29.7. The number of para-hydroxylation sites is 1. The second-order valence-corrected chi connectivity index (χ2v) is 14.8. The maximum absolute atomic E-state index is 15.4. The molecule has 9 rings (SSSR count). The smallest absolute Gasteiger partial charge is 0.194 e. The van der Waals surface area contributed by atoms with Gasteiger partial charge >= 0.3 is 0 Å². The van der Waals surface area contributed by atoms with Gasteiger partial charge in [0.1, 0.15) is 11.2 Å². The van der Waals surface area contributed by atoms with Gasteiger partial charge in [-0.2, -0.15) is 0 Å². The van der Waals surface area contributed by atoms with Crippen LogP contribution in [-0.2, 0) is 0 Å². The molecule has 0 N–H and O–H groups in total. The lowest BCUT2D eigenvalue weighted by atomic mass is 9.87. The van der Waals surface area contributed by atoms with Crippen molar-refractivity contribution < 1.29 is 14.0 Å². The Balaban J connectivity index is 1.28. The number of fused-ring (bicyclic) bond motifs is 5. The highest BCUT2D eigenvalue weighted by Crippen LogP contribution is 2.40. The van der Waals surface area contributed by atoms with Crippen LogP contribution in [0.2, 0.25) is 0 Å². The average Bonchev–Trinajstić information content (AvgIpc) is 3.83. The number of benzene rings is 5. The first-order chi connectivity index (χ1) is 26.5. The molecule has 0 saturated carbocycles. The molecule has 260 valence electrons. The van der Waals surface area contributed by atoms with E-state index in [1.165, 1.54) is 0 Å². The SMILES string of the molecule is C=C(C1=c2\cccc\c2=C(C(=O)c2cc3c(cc2-c2cc4ccccc4s2)oc2ccccc23)\C=C\CC\C=C\1)c1ccccc1C(=O)C1=CC=CCC1. The number of allylic oxidation sites excluding steroid dienone is 9. The average molecular weight is 717 g/mol. The summed E-state index contributed by atoms with van der Waals surface area (Å²) < 4.78 is 7.52. The Morgan fingerprint density at radius 3 is 2.11 bits per heavy atom. The molecule has 2 heterocycles. The fraction of sp³-hybridized carbons (Fsp3) is 0.0800. The molecular formula is C50H36O3S. The van der Waals surface area contributed by atoms with E-state index < -0.39 is 0 Å². The van der Waals surface area contributed by atoms with E-state index in [0.29, 0.717) is 23.1 Å². The summed E-state index contributed by atoms with van der Waals surface area (Å²) in [7, 11) is 0. The van der Waals surface area contributed by atoms with Gasteiger partial charge in [-0.3, -0.25) is 9.59 Å². The van der Waals surface area contributed by atoms with Crippen LogP contribution in [-0.4, -0.2) is 11.6 Å². The van der Waals surface area contributed by atoms with Crippen molar-refractivity contribution in [3.63, 3.8) is 0 Å². The summed E-state index contributed by atoms with van der Waals surface area (Å²) in [5.74, 6) is -0.0455. The normalized spacial score (nSPS) is 17.6. The molecule has 0 radical (unpaired) electrons. The maximum Gasteiger partial charge on any atom is 0.194 e. The quantitative estimate of drug-likeness (QED) is 0.154. The van der Waals surface area contributed by atoms with Crippen molar-refractivity contribution >= 4 is 71.6 Å². The molecule has 5 aromatic carbocycles. The topological polar surface area (TPSA) is 47.3 Å². The summed E-state index contributed by atoms with van der Waals surface area (Å²) in [6.45, 7) is 4.63. The standard InChI is InChI=1S/C50H36O3S/c1-32(36-21-10-13-26-40(36)49(51)33-17-5-4-6-18-33)35-20-7-2-3-8-25-41(38-23-12-11-22-37(35)38)50(52)44-30-42-39-24-14-15-27-45(39)53-46(42)31-43(44)48-29-34-19-9-16-28-47(34)54-48/h4-5,7-17,19-31H,1-3,6,18H2/b20-7+,25-8+,37-35+,41-38+. The number of carbonyl (C=O) groups excluding carboxylic acids is 2. The summed E-state index contributed by atoms with van der Waals surface area (Å²) in [4.78, 5) is 30.3. The molecule has 4 heteroatoms. The molecular weight excluding hydrogens is 681 g/mol. The van der Waals surface area contributed by atoms with Gasteiger partial charge in [-0.05, 0) is 88.5 Å². The van der Waals surface area contributed by atoms with Crippen LogP contribution in [0.25, 0.3) is 59.2 Å². The van der Waals surface area contributed by atoms with E-state index in [1.54, 1.807) is 11.3 Å². The molecule has 0 fully saturated rings. The van der Waals surface area contributed by atoms with E-state index in [1.807, 2.05) is 109 Å². The molecule has 0 amide bonds. The van der Waals surface area contributed by atoms with Gasteiger partial charge in [0.2, 0.25) is 0 Å². The second kappa shape index (κ2) is 14.2. The largest absolute Gasteiger partial charge is 0.456 e. The Bertz CT molecular complexity index is 2910. The van der Waals surface area contributed by atoms with Gasteiger partial charge in [-0.25, -0.2) is 0 Å². The third-order valence-corrected chi connectivity index (χ3v) is 11.6. The number of thiophene rings is 1. The molecule has 0 aliphatic heterocycles. The molecule has 0 bridgehead atoms. The van der Waals surface area contributed by atoms with Crippen LogP contribution in [0.3, 0.4) is 0 Å². The van der Waals surface area contributed by atoms with Gasteiger partial charge in [0, 0.05) is 48.2 Å². The van der Waals surface area contributed by atoms with Crippen LogP contribution < -0.4 is 10.4 Å². The predicted molar refractivity (Wildman–Crippen MR) is 225 cm³/mol. The number of ketones is 2. The van der Waals surface area contributed by atoms with Crippen molar-refractivity contribution in [3.8, 4) is 10.4 Å². The van der Waals surface area contributed by atoms with Gasteiger partial charge in [0.15, 0.2) is 11.6 Å². The van der Waals surface area contributed by atoms with Gasteiger partial charge in [0.25, 0.3) is 0 Å². The monoisotopic (exact) mass is 716 g/mol. The summed E-state index contributed by atoms with van der Waals surface area (Å²) in [6.07, 6.45) is 17.4. The lowest BCUT2D eigenvalue weighted by Crippen LogP contribution is -2.31. The molecule has 2 aliphatic carbocycles. The Labute approximate surface area is 317 Å². The Morgan fingerprint density at radius 2 is 1.31 bits per heavy atom. The number of hydrogen-bond acceptors (Lipinski definition) is 4. The first kappa shape index (κ1) is 33.5. The van der Waals surface area contributed by atoms with E-state index >= 15 is 4.79 Å². The molecule has 0 saturated heterocycles. The van der Waals surface area contributed by atoms with Crippen molar-refractivity contribution in [2.45, 2.75) is 25.7 Å². The highest BCUT2D eigenvalue weighted by molar-refractivity contribution is 7.22. The van der Waals surface area contributed by atoms with Crippen molar-refractivity contribution in [3.05, 3.63) is 197 Å². The van der Waals surface area contributed by atoms with E-state index in [2.05, 4.69) is 55.1 Å². The minimum Gasteiger partial charge on any atom is -0.456 e. The van der Waals surface area contributed by atoms with Crippen molar-refractivity contribution in [2.75, 3.05) is 0 Å². The Hall–Kier alpha value is -6.36. The van der Waals surface area contributed by atoms with E-state index in [-0.39, 0.29) is 11.6 Å². The molecule has 0 spiro atoms. The molecule has 0 unspecified atom stereocenters. The van der Waals surface area contributed by atoms with Gasteiger partial charge in [0.05, 0.1) is 0 Å². The number of carbonyl (C=O) groups is 2. The van der Waals surface area contributed by atoms with Crippen LogP contribution in [0.4, 0.5) is 0 Å². The van der Waals surface area contributed by atoms with Gasteiger partial charge < -0.3 is 4.42 Å². The van der Waals surface area contributed by atoms with Crippen molar-refractivity contribution in [1.82, 2.24) is 0 Å². The molecule has 0 atom stereocenters. The van der Waals surface area contributed by atoms with E-state index in [4.69, 9.17) is 4.42 Å². The third-order valence-electron chi connectivity index (χ3n) is 10.4. The van der Waals surface area contributed by atoms with E-state index in [9.17, 15) is 4.79 Å². The number of hydrogen-bond donors (Lipinski definition) is 0. The summed E-state index contributed by atoms with van der Waals surface area (Å²) in [5, 5.41) is 4.71. The lowest BCUT2D eigenvalue weighted by molar-refractivity contribution is 0.102. The summed E-state index contributed by atoms with van der Waals surface area (Å²) in [5.41, 5.74) is 7.44. The fourth-order valence-corrected chi connectivity index (χ4v) is 8.76. The molecule has 3 nitrogen and oxygen atoms in total. The minimum absolute atomic E-state index is 0.0233. The van der Waals surface area contributed by atoms with E-state index in [0.717, 1.165) is 94.4 Å². The summed E-state index contributed by atoms with van der Waals surface area (Å²) in [6, 6.07) is 38.3. The molecule has 54 heavy (non-hydrogen) atoms. The minimum atomic E-state index is -0.0688. The van der Waals surface area contributed by atoms with Gasteiger partial charge in [-0.1, -0.05) is 134 Å². The lowest BCUT2D eigenvalue weighted by Gasteiger charge is -2.16. The highest BCUT2D eigenvalue weighted by Gasteiger charge is 2.23. The summed E-state index contributed by atoms with van der Waals surface area (Å²) >= 11 is 1.68. The maximum atomic E-state index is 15.4. The second-order valence-electron chi connectivity index (χ2n) is 13.7. The van der Waals surface area contributed by atoms with Crippen molar-refractivity contribution in [2.24, 2.45) is 0 Å². The number of Topliss-reactive ketones (excluding diaryl/α,β-unsaturated/α-hetero) is 2. The Morgan fingerprint density at radius 1 is 0.611 bits per heavy atom. The molecule has 2 aliphatic rings. The van der Waals surface area contributed by atoms with Crippen LogP contribution in [0, 0.1) is 0 Å². The van der Waals surface area contributed by atoms with Crippen LogP contribution in [0.1, 0.15) is 52.0 Å². The van der Waals surface area contributed by atoms with Crippen LogP contribution in [0.5, 0.6) is 0 Å². The zero-order chi connectivity index (χ0) is 36.6. The zero-order valence-corrected chi connectivity index (χ0v) is 30.5. The fourth-order valence-electron chi connectivity index (χ4n) is 7.67. The van der Waals surface area contributed by atoms with Gasteiger partial charge in [-0.15, -0.1) is 11.3 Å². The molecule has 7 aromatic rings. The van der Waals surface area contributed by atoms with Crippen LogP contribution >= 0.6 is 11.3 Å². The third kappa shape index (κ3) is 6.05. The molecule has 2 aromatic heterocycles. The Kier molecular flexibility index (Phi) is 8.82. The van der Waals surface area contributed by atoms with Crippen LogP contribution in [0.15, 0.2) is 174 Å². The number of rotatable bonds is 7. The van der Waals surface area contributed by atoms with Crippen molar-refractivity contribution in [1.29, 1.82) is 0 Å². The highest BCUT2D eigenvalue weighted by atomic mass is 32.1. The predicted octanol–water partition coefficient (Wildman–Crippen LogP) is 11.7. The number of furan rings is 1.